The van der Waals surface area contributed by atoms with Gasteiger partial charge in [0, 0.05) is 44.5 Å². The Hall–Kier alpha value is -2.89. The Morgan fingerprint density at radius 2 is 2.00 bits per heavy atom. The van der Waals surface area contributed by atoms with Crippen LogP contribution >= 0.6 is 0 Å². The van der Waals surface area contributed by atoms with Crippen LogP contribution in [0.1, 0.15) is 17.7 Å². The van der Waals surface area contributed by atoms with Crippen LogP contribution in [0, 0.1) is 5.92 Å². The lowest BCUT2D eigenvalue weighted by Gasteiger charge is -2.20. The number of carbonyl (C=O) groups is 2. The minimum atomic E-state index is -0.271. The Labute approximate surface area is 159 Å². The van der Waals surface area contributed by atoms with Gasteiger partial charge in [-0.1, -0.05) is 24.3 Å². The van der Waals surface area contributed by atoms with E-state index in [0.717, 1.165) is 25.2 Å². The van der Waals surface area contributed by atoms with Gasteiger partial charge in [0.1, 0.15) is 0 Å². The van der Waals surface area contributed by atoms with Crippen molar-refractivity contribution in [3.63, 3.8) is 0 Å². The molecular formula is C21H24N4O2. The van der Waals surface area contributed by atoms with Crippen molar-refractivity contribution in [2.75, 3.05) is 31.1 Å². The molecular weight excluding hydrogens is 340 g/mol. The molecule has 1 atom stereocenters. The van der Waals surface area contributed by atoms with Gasteiger partial charge in [-0.15, -0.1) is 0 Å². The van der Waals surface area contributed by atoms with Gasteiger partial charge in [-0.2, -0.15) is 0 Å². The van der Waals surface area contributed by atoms with Crippen molar-refractivity contribution in [1.82, 2.24) is 15.2 Å². The van der Waals surface area contributed by atoms with Crippen molar-refractivity contribution in [3.05, 3.63) is 59.9 Å². The second-order valence-electron chi connectivity index (χ2n) is 7.15. The number of para-hydroxylation sites is 1. The number of hydrogen-bond donors (Lipinski definition) is 1. The summed E-state index contributed by atoms with van der Waals surface area (Å²) in [5, 5.41) is 3.01. The van der Waals surface area contributed by atoms with E-state index in [4.69, 9.17) is 0 Å². The van der Waals surface area contributed by atoms with Crippen molar-refractivity contribution < 1.29 is 9.59 Å². The van der Waals surface area contributed by atoms with Crippen LogP contribution in [-0.2, 0) is 22.6 Å². The van der Waals surface area contributed by atoms with Crippen LogP contribution in [0.5, 0.6) is 0 Å². The average Bonchev–Trinajstić information content (AvgIpc) is 3.27. The highest BCUT2D eigenvalue weighted by atomic mass is 16.2. The van der Waals surface area contributed by atoms with Crippen molar-refractivity contribution in [1.29, 1.82) is 0 Å². The maximum Gasteiger partial charge on any atom is 0.225 e. The lowest BCUT2D eigenvalue weighted by Crippen LogP contribution is -2.38. The van der Waals surface area contributed by atoms with Crippen LogP contribution in [-0.4, -0.2) is 47.9 Å². The molecule has 0 bridgehead atoms. The van der Waals surface area contributed by atoms with Crippen molar-refractivity contribution in [2.24, 2.45) is 5.92 Å². The maximum absolute atomic E-state index is 12.5. The molecule has 1 saturated heterocycles. The third-order valence-electron chi connectivity index (χ3n) is 5.33. The number of benzene rings is 1. The van der Waals surface area contributed by atoms with Crippen molar-refractivity contribution in [2.45, 2.75) is 19.4 Å². The van der Waals surface area contributed by atoms with Crippen LogP contribution in [0.2, 0.25) is 0 Å². The molecule has 6 nitrogen and oxygen atoms in total. The third kappa shape index (κ3) is 3.94. The molecule has 2 aliphatic heterocycles. The molecule has 6 heteroatoms. The fourth-order valence-corrected chi connectivity index (χ4v) is 3.89. The van der Waals surface area contributed by atoms with E-state index in [9.17, 15) is 9.59 Å². The normalized spacial score (nSPS) is 18.7. The Morgan fingerprint density at radius 3 is 2.85 bits per heavy atom. The quantitative estimate of drug-likeness (QED) is 0.846. The number of anilines is 1. The zero-order valence-corrected chi connectivity index (χ0v) is 15.3. The van der Waals surface area contributed by atoms with Gasteiger partial charge in [0.15, 0.2) is 0 Å². The first-order valence-corrected chi connectivity index (χ1v) is 9.49. The SMILES string of the molecule is O=C(NCCN1CCc2ccccc21)[C@H]1CC(=O)N(Cc2ccccn2)C1. The van der Waals surface area contributed by atoms with E-state index in [0.29, 0.717) is 19.6 Å². The highest BCUT2D eigenvalue weighted by molar-refractivity contribution is 5.89. The summed E-state index contributed by atoms with van der Waals surface area (Å²) < 4.78 is 0. The molecule has 4 rings (SSSR count). The van der Waals surface area contributed by atoms with Gasteiger partial charge in [-0.25, -0.2) is 0 Å². The lowest BCUT2D eigenvalue weighted by molar-refractivity contribution is -0.129. The number of nitrogens with zero attached hydrogens (tertiary/aromatic N) is 3. The maximum atomic E-state index is 12.5. The van der Waals surface area contributed by atoms with Crippen LogP contribution < -0.4 is 10.2 Å². The number of pyridine rings is 1. The number of hydrogen-bond acceptors (Lipinski definition) is 4. The van der Waals surface area contributed by atoms with Gasteiger partial charge in [0.2, 0.25) is 11.8 Å². The van der Waals surface area contributed by atoms with E-state index >= 15 is 0 Å². The highest BCUT2D eigenvalue weighted by Gasteiger charge is 2.34. The zero-order valence-electron chi connectivity index (χ0n) is 15.3. The fraction of sp³-hybridized carbons (Fsp3) is 0.381. The van der Waals surface area contributed by atoms with E-state index in [-0.39, 0.29) is 24.2 Å². The predicted octanol–water partition coefficient (Wildman–Crippen LogP) is 1.61. The Bertz CT molecular complexity index is 824. The minimum absolute atomic E-state index is 0.0225. The van der Waals surface area contributed by atoms with Gasteiger partial charge in [0.25, 0.3) is 0 Å². The molecule has 0 radical (unpaired) electrons. The van der Waals surface area contributed by atoms with Crippen LogP contribution in [0.15, 0.2) is 48.7 Å². The van der Waals surface area contributed by atoms with Gasteiger partial charge in [0.05, 0.1) is 18.2 Å². The Balaban J connectivity index is 1.25. The zero-order chi connectivity index (χ0) is 18.6. The average molecular weight is 364 g/mol. The monoisotopic (exact) mass is 364 g/mol. The Morgan fingerprint density at radius 1 is 1.15 bits per heavy atom. The first-order valence-electron chi connectivity index (χ1n) is 9.49. The number of rotatable bonds is 6. The number of nitrogens with one attached hydrogen (secondary N) is 1. The Kier molecular flexibility index (Phi) is 5.05. The minimum Gasteiger partial charge on any atom is -0.369 e. The molecule has 2 amide bonds. The first kappa shape index (κ1) is 17.5. The molecule has 0 spiro atoms. The number of likely N-dealkylation sites (tertiary alicyclic amines) is 1. The summed E-state index contributed by atoms with van der Waals surface area (Å²) in [4.78, 5) is 33.0. The van der Waals surface area contributed by atoms with E-state index in [2.05, 4.69) is 39.5 Å². The second-order valence-corrected chi connectivity index (χ2v) is 7.15. The predicted molar refractivity (Wildman–Crippen MR) is 103 cm³/mol. The number of fused-ring (bicyclic) bond motifs is 1. The molecule has 0 aliphatic carbocycles. The molecule has 140 valence electrons. The third-order valence-corrected chi connectivity index (χ3v) is 5.33. The molecule has 2 aromatic rings. The van der Waals surface area contributed by atoms with E-state index in [1.807, 2.05) is 18.2 Å². The van der Waals surface area contributed by atoms with Crippen LogP contribution in [0.3, 0.4) is 0 Å². The van der Waals surface area contributed by atoms with Crippen LogP contribution in [0.4, 0.5) is 5.69 Å². The first-order chi connectivity index (χ1) is 13.2. The van der Waals surface area contributed by atoms with E-state index in [1.165, 1.54) is 11.3 Å². The van der Waals surface area contributed by atoms with Gasteiger partial charge < -0.3 is 15.1 Å². The molecule has 2 aliphatic rings. The topological polar surface area (TPSA) is 65.5 Å². The fourth-order valence-electron chi connectivity index (χ4n) is 3.89. The van der Waals surface area contributed by atoms with Gasteiger partial charge in [-0.3, -0.25) is 14.6 Å². The van der Waals surface area contributed by atoms with Gasteiger partial charge >= 0.3 is 0 Å². The molecule has 27 heavy (non-hydrogen) atoms. The highest BCUT2D eigenvalue weighted by Crippen LogP contribution is 2.26. The smallest absolute Gasteiger partial charge is 0.225 e. The molecule has 0 saturated carbocycles. The standard InChI is InChI=1S/C21H24N4O2/c26-20-13-17(14-25(20)15-18-6-3-4-9-22-18)21(27)23-10-12-24-11-8-16-5-1-2-7-19(16)24/h1-7,9,17H,8,10-15H2,(H,23,27)/t17-/m0/s1. The van der Waals surface area contributed by atoms with Gasteiger partial charge in [-0.05, 0) is 30.2 Å². The molecule has 1 fully saturated rings. The number of aromatic nitrogens is 1. The number of amides is 2. The largest absolute Gasteiger partial charge is 0.369 e. The lowest BCUT2D eigenvalue weighted by atomic mass is 10.1. The summed E-state index contributed by atoms with van der Waals surface area (Å²) >= 11 is 0. The second kappa shape index (κ2) is 7.78. The van der Waals surface area contributed by atoms with Crippen molar-refractivity contribution >= 4 is 17.5 Å². The molecule has 1 N–H and O–H groups in total. The summed E-state index contributed by atoms with van der Waals surface area (Å²) in [6, 6.07) is 14.1. The molecule has 0 unspecified atom stereocenters. The summed E-state index contributed by atoms with van der Waals surface area (Å²) in [7, 11) is 0. The van der Waals surface area contributed by atoms with E-state index < -0.39 is 0 Å². The number of carbonyl (C=O) groups excluding carboxylic acids is 2. The summed E-state index contributed by atoms with van der Waals surface area (Å²) in [6.07, 6.45) is 3.06. The van der Waals surface area contributed by atoms with E-state index in [1.54, 1.807) is 11.1 Å². The molecule has 1 aromatic heterocycles. The molecule has 1 aromatic carbocycles. The van der Waals surface area contributed by atoms with Crippen LogP contribution in [0.25, 0.3) is 0 Å². The van der Waals surface area contributed by atoms with Crippen molar-refractivity contribution in [3.8, 4) is 0 Å². The summed E-state index contributed by atoms with van der Waals surface area (Å²) in [5.74, 6) is -0.277. The molecule has 3 heterocycles. The summed E-state index contributed by atoms with van der Waals surface area (Å²) in [6.45, 7) is 3.32. The summed E-state index contributed by atoms with van der Waals surface area (Å²) in [5.41, 5.74) is 3.49.